The molecule has 2 rings (SSSR count). The molecule has 0 fully saturated rings. The van der Waals surface area contributed by atoms with E-state index >= 15 is 0 Å². The van der Waals surface area contributed by atoms with Crippen molar-refractivity contribution in [1.82, 2.24) is 0 Å². The van der Waals surface area contributed by atoms with Crippen molar-refractivity contribution in [2.75, 3.05) is 11.9 Å². The van der Waals surface area contributed by atoms with Gasteiger partial charge in [-0.2, -0.15) is 0 Å². The molecule has 0 aliphatic rings. The zero-order valence-corrected chi connectivity index (χ0v) is 12.9. The Labute approximate surface area is 126 Å². The van der Waals surface area contributed by atoms with Crippen LogP contribution < -0.4 is 10.6 Å². The van der Waals surface area contributed by atoms with E-state index in [0.29, 0.717) is 0 Å². The molecule has 1 unspecified atom stereocenters. The lowest BCUT2D eigenvalue weighted by Gasteiger charge is -2.28. The summed E-state index contributed by atoms with van der Waals surface area (Å²) in [6.07, 6.45) is 0. The first kappa shape index (κ1) is 14.9. The summed E-state index contributed by atoms with van der Waals surface area (Å²) in [5.74, 6) is 0. The molecule has 2 aromatic carbocycles. The van der Waals surface area contributed by atoms with Gasteiger partial charge in [0, 0.05) is 23.8 Å². The molecule has 2 aromatic rings. The Bertz CT molecular complexity index is 563. The Kier molecular flexibility index (Phi) is 4.69. The van der Waals surface area contributed by atoms with Gasteiger partial charge in [-0.3, -0.25) is 0 Å². The third-order valence-corrected chi connectivity index (χ3v) is 3.97. The molecular weight excluding hydrogens is 268 g/mol. The zero-order chi connectivity index (χ0) is 14.7. The molecule has 0 aliphatic carbocycles. The molecule has 20 heavy (non-hydrogen) atoms. The van der Waals surface area contributed by atoms with Gasteiger partial charge in [0.2, 0.25) is 0 Å². The summed E-state index contributed by atoms with van der Waals surface area (Å²) < 4.78 is 0. The third kappa shape index (κ3) is 3.33. The predicted octanol–water partition coefficient (Wildman–Crippen LogP) is 4.56. The van der Waals surface area contributed by atoms with Crippen LogP contribution in [0.1, 0.15) is 37.1 Å². The zero-order valence-electron chi connectivity index (χ0n) is 12.2. The summed E-state index contributed by atoms with van der Waals surface area (Å²) in [4.78, 5) is 2.23. The summed E-state index contributed by atoms with van der Waals surface area (Å²) in [5.41, 5.74) is 9.40. The molecule has 2 atom stereocenters. The van der Waals surface area contributed by atoms with Gasteiger partial charge in [0.1, 0.15) is 0 Å². The van der Waals surface area contributed by atoms with Crippen LogP contribution in [0.15, 0.2) is 48.5 Å². The van der Waals surface area contributed by atoms with Gasteiger partial charge in [-0.05, 0) is 49.2 Å². The molecule has 3 heteroatoms. The lowest BCUT2D eigenvalue weighted by atomic mass is 10.1. The highest BCUT2D eigenvalue weighted by Crippen LogP contribution is 2.27. The highest BCUT2D eigenvalue weighted by Gasteiger charge is 2.12. The van der Waals surface area contributed by atoms with Gasteiger partial charge in [-0.25, -0.2) is 0 Å². The lowest BCUT2D eigenvalue weighted by molar-refractivity contribution is 0.738. The first-order valence-electron chi connectivity index (χ1n) is 6.83. The first-order chi connectivity index (χ1) is 9.49. The van der Waals surface area contributed by atoms with Gasteiger partial charge in [-0.15, -0.1) is 0 Å². The number of benzene rings is 2. The van der Waals surface area contributed by atoms with E-state index in [-0.39, 0.29) is 12.1 Å². The topological polar surface area (TPSA) is 29.3 Å². The number of anilines is 1. The van der Waals surface area contributed by atoms with Crippen molar-refractivity contribution in [1.29, 1.82) is 0 Å². The number of nitrogens with zero attached hydrogens (tertiary/aromatic N) is 1. The second kappa shape index (κ2) is 6.29. The highest BCUT2D eigenvalue weighted by atomic mass is 35.5. The maximum Gasteiger partial charge on any atom is 0.0511 e. The maximum absolute atomic E-state index is 6.06. The fourth-order valence-corrected chi connectivity index (χ4v) is 2.43. The average Bonchev–Trinajstić information content (AvgIpc) is 2.46. The molecule has 0 saturated heterocycles. The van der Waals surface area contributed by atoms with Crippen molar-refractivity contribution in [3.8, 4) is 0 Å². The highest BCUT2D eigenvalue weighted by molar-refractivity contribution is 6.30. The van der Waals surface area contributed by atoms with Crippen molar-refractivity contribution < 1.29 is 0 Å². The summed E-state index contributed by atoms with van der Waals surface area (Å²) >= 11 is 6.06. The van der Waals surface area contributed by atoms with Crippen LogP contribution in [-0.2, 0) is 0 Å². The van der Waals surface area contributed by atoms with Crippen LogP contribution in [0.5, 0.6) is 0 Å². The largest absolute Gasteiger partial charge is 0.368 e. The number of hydrogen-bond acceptors (Lipinski definition) is 2. The summed E-state index contributed by atoms with van der Waals surface area (Å²) in [5, 5.41) is 0.773. The van der Waals surface area contributed by atoms with Gasteiger partial charge < -0.3 is 10.6 Å². The Morgan fingerprint density at radius 2 is 1.65 bits per heavy atom. The van der Waals surface area contributed by atoms with Gasteiger partial charge in [0.25, 0.3) is 0 Å². The van der Waals surface area contributed by atoms with Crippen molar-refractivity contribution in [3.63, 3.8) is 0 Å². The number of halogens is 1. The average molecular weight is 289 g/mol. The molecule has 0 heterocycles. The van der Waals surface area contributed by atoms with Gasteiger partial charge in [-0.1, -0.05) is 35.9 Å². The monoisotopic (exact) mass is 288 g/mol. The predicted molar refractivity (Wildman–Crippen MR) is 87.3 cm³/mol. The Morgan fingerprint density at radius 3 is 2.20 bits per heavy atom. The van der Waals surface area contributed by atoms with E-state index in [9.17, 15) is 0 Å². The Balaban J connectivity index is 2.20. The fraction of sp³-hybridized carbons (Fsp3) is 0.294. The second-order valence-electron chi connectivity index (χ2n) is 5.22. The van der Waals surface area contributed by atoms with E-state index in [4.69, 9.17) is 17.3 Å². The van der Waals surface area contributed by atoms with Crippen molar-refractivity contribution >= 4 is 17.3 Å². The number of rotatable bonds is 4. The van der Waals surface area contributed by atoms with E-state index in [2.05, 4.69) is 49.2 Å². The SMILES string of the molecule is CC(c1cccc(Cl)c1)N(C)c1ccc([C@H](C)N)cc1. The van der Waals surface area contributed by atoms with Crippen LogP contribution in [0.3, 0.4) is 0 Å². The molecular formula is C17H21ClN2. The molecule has 0 saturated carbocycles. The van der Waals surface area contributed by atoms with Crippen LogP contribution in [0, 0.1) is 0 Å². The molecule has 0 aromatic heterocycles. The van der Waals surface area contributed by atoms with Crippen LogP contribution in [-0.4, -0.2) is 7.05 Å². The minimum absolute atomic E-state index is 0.0692. The molecule has 2 N–H and O–H groups in total. The van der Waals surface area contributed by atoms with E-state index in [1.807, 2.05) is 25.1 Å². The van der Waals surface area contributed by atoms with Gasteiger partial charge >= 0.3 is 0 Å². The van der Waals surface area contributed by atoms with E-state index in [1.54, 1.807) is 0 Å². The van der Waals surface area contributed by atoms with Crippen LogP contribution >= 0.6 is 11.6 Å². The minimum atomic E-state index is 0.0692. The maximum atomic E-state index is 6.06. The second-order valence-corrected chi connectivity index (χ2v) is 5.66. The summed E-state index contributed by atoms with van der Waals surface area (Å²) in [7, 11) is 2.09. The van der Waals surface area contributed by atoms with E-state index in [1.165, 1.54) is 11.3 Å². The smallest absolute Gasteiger partial charge is 0.0511 e. The molecule has 0 radical (unpaired) electrons. The number of nitrogens with two attached hydrogens (primary N) is 1. The minimum Gasteiger partial charge on any atom is -0.368 e. The summed E-state index contributed by atoms with van der Waals surface area (Å²) in [6, 6.07) is 16.7. The van der Waals surface area contributed by atoms with Crippen molar-refractivity contribution in [2.24, 2.45) is 5.73 Å². The summed E-state index contributed by atoms with van der Waals surface area (Å²) in [6.45, 7) is 4.17. The molecule has 0 bridgehead atoms. The standard InChI is InChI=1S/C17H21ClN2/c1-12(19)14-7-9-17(10-8-14)20(3)13(2)15-5-4-6-16(18)11-15/h4-13H,19H2,1-3H3/t12-,13?/m0/s1. The quantitative estimate of drug-likeness (QED) is 0.894. The first-order valence-corrected chi connectivity index (χ1v) is 7.20. The Hall–Kier alpha value is -1.51. The number of hydrogen-bond donors (Lipinski definition) is 1. The fourth-order valence-electron chi connectivity index (χ4n) is 2.23. The molecule has 0 aliphatic heterocycles. The van der Waals surface area contributed by atoms with Crippen molar-refractivity contribution in [3.05, 3.63) is 64.7 Å². The lowest BCUT2D eigenvalue weighted by Crippen LogP contribution is -2.21. The van der Waals surface area contributed by atoms with E-state index in [0.717, 1.165) is 10.6 Å². The Morgan fingerprint density at radius 1 is 1.00 bits per heavy atom. The van der Waals surface area contributed by atoms with Gasteiger partial charge in [0.05, 0.1) is 6.04 Å². The molecule has 0 amide bonds. The molecule has 2 nitrogen and oxygen atoms in total. The van der Waals surface area contributed by atoms with Crippen LogP contribution in [0.2, 0.25) is 5.02 Å². The van der Waals surface area contributed by atoms with E-state index < -0.39 is 0 Å². The molecule has 106 valence electrons. The van der Waals surface area contributed by atoms with Crippen LogP contribution in [0.25, 0.3) is 0 Å². The normalized spacial score (nSPS) is 13.8. The molecule has 0 spiro atoms. The van der Waals surface area contributed by atoms with Crippen molar-refractivity contribution in [2.45, 2.75) is 25.9 Å². The van der Waals surface area contributed by atoms with Gasteiger partial charge in [0.15, 0.2) is 0 Å². The van der Waals surface area contributed by atoms with Crippen LogP contribution in [0.4, 0.5) is 5.69 Å². The third-order valence-electron chi connectivity index (χ3n) is 3.74.